The van der Waals surface area contributed by atoms with Gasteiger partial charge in [0.05, 0.1) is 0 Å². The Kier molecular flexibility index (Phi) is 5.04. The monoisotopic (exact) mass is 280 g/mol. The molecule has 108 valence electrons. The molecule has 0 unspecified atom stereocenters. The van der Waals surface area contributed by atoms with E-state index in [0.29, 0.717) is 0 Å². The zero-order valence-corrected chi connectivity index (χ0v) is 13.6. The van der Waals surface area contributed by atoms with E-state index in [1.54, 1.807) is 0 Å². The van der Waals surface area contributed by atoms with Crippen molar-refractivity contribution >= 4 is 11.3 Å². The van der Waals surface area contributed by atoms with Gasteiger partial charge in [-0.05, 0) is 56.4 Å². The average molecular weight is 280 g/mol. The van der Waals surface area contributed by atoms with E-state index in [4.69, 9.17) is 0 Å². The summed E-state index contributed by atoms with van der Waals surface area (Å²) in [5.74, 6) is 0.883. The van der Waals surface area contributed by atoms with Crippen molar-refractivity contribution in [3.63, 3.8) is 0 Å². The number of piperidine rings is 1. The molecular weight excluding hydrogens is 252 g/mol. The molecule has 2 heterocycles. The molecule has 1 aliphatic rings. The second kappa shape index (κ2) is 6.38. The highest BCUT2D eigenvalue weighted by Crippen LogP contribution is 2.30. The quantitative estimate of drug-likeness (QED) is 0.908. The molecule has 0 aliphatic carbocycles. The van der Waals surface area contributed by atoms with E-state index < -0.39 is 0 Å². The summed E-state index contributed by atoms with van der Waals surface area (Å²) in [5.41, 5.74) is 0.288. The van der Waals surface area contributed by atoms with Crippen LogP contribution in [0.4, 0.5) is 0 Å². The fourth-order valence-corrected chi connectivity index (χ4v) is 3.85. The summed E-state index contributed by atoms with van der Waals surface area (Å²) in [7, 11) is 2.26. The molecule has 1 aromatic rings. The highest BCUT2D eigenvalue weighted by Gasteiger charge is 2.18. The number of nitrogens with one attached hydrogen (secondary N) is 1. The maximum atomic E-state index is 3.44. The molecule has 0 bridgehead atoms. The summed E-state index contributed by atoms with van der Waals surface area (Å²) >= 11 is 1.98. The molecule has 0 aromatic carbocycles. The maximum absolute atomic E-state index is 3.44. The van der Waals surface area contributed by atoms with Crippen LogP contribution in [0.5, 0.6) is 0 Å². The van der Waals surface area contributed by atoms with E-state index in [2.05, 4.69) is 50.2 Å². The number of hydrogen-bond donors (Lipinski definition) is 1. The van der Waals surface area contributed by atoms with Gasteiger partial charge in [0.2, 0.25) is 0 Å². The number of rotatable bonds is 4. The highest BCUT2D eigenvalue weighted by molar-refractivity contribution is 7.12. The Morgan fingerprint density at radius 2 is 1.95 bits per heavy atom. The zero-order valence-electron chi connectivity index (χ0n) is 12.8. The summed E-state index contributed by atoms with van der Waals surface area (Å²) in [6, 6.07) is 4.61. The topological polar surface area (TPSA) is 15.3 Å². The molecule has 19 heavy (non-hydrogen) atoms. The van der Waals surface area contributed by atoms with Crippen molar-refractivity contribution in [2.24, 2.45) is 5.92 Å². The zero-order chi connectivity index (χ0) is 13.9. The van der Waals surface area contributed by atoms with Crippen molar-refractivity contribution in [1.29, 1.82) is 0 Å². The molecule has 1 fully saturated rings. The Bertz CT molecular complexity index is 386. The van der Waals surface area contributed by atoms with Crippen LogP contribution >= 0.6 is 11.3 Å². The Labute approximate surface area is 122 Å². The van der Waals surface area contributed by atoms with Crippen molar-refractivity contribution in [1.82, 2.24) is 10.2 Å². The van der Waals surface area contributed by atoms with E-state index in [-0.39, 0.29) is 5.41 Å². The van der Waals surface area contributed by atoms with Crippen molar-refractivity contribution in [2.75, 3.05) is 26.7 Å². The minimum absolute atomic E-state index is 0.288. The van der Waals surface area contributed by atoms with Crippen LogP contribution in [0.25, 0.3) is 0 Å². The number of hydrogen-bond acceptors (Lipinski definition) is 3. The fourth-order valence-electron chi connectivity index (χ4n) is 2.70. The Hall–Kier alpha value is -0.380. The van der Waals surface area contributed by atoms with Gasteiger partial charge >= 0.3 is 0 Å². The van der Waals surface area contributed by atoms with E-state index in [1.165, 1.54) is 42.2 Å². The lowest BCUT2D eigenvalue weighted by Crippen LogP contribution is -2.34. The molecule has 1 saturated heterocycles. The molecule has 3 heteroatoms. The second-order valence-electron chi connectivity index (χ2n) is 6.91. The van der Waals surface area contributed by atoms with Crippen LogP contribution in [0.3, 0.4) is 0 Å². The molecule has 0 spiro atoms. The van der Waals surface area contributed by atoms with Crippen molar-refractivity contribution in [3.05, 3.63) is 21.9 Å². The number of nitrogens with zero attached hydrogens (tertiary/aromatic N) is 1. The van der Waals surface area contributed by atoms with Crippen LogP contribution in [0, 0.1) is 5.92 Å². The van der Waals surface area contributed by atoms with Crippen LogP contribution in [-0.4, -0.2) is 31.6 Å². The van der Waals surface area contributed by atoms with E-state index >= 15 is 0 Å². The summed E-state index contributed by atoms with van der Waals surface area (Å²) in [6.07, 6.45) is 2.67. The summed E-state index contributed by atoms with van der Waals surface area (Å²) < 4.78 is 0. The molecule has 0 amide bonds. The predicted molar refractivity (Wildman–Crippen MR) is 84.9 cm³/mol. The first kappa shape index (κ1) is 15.0. The van der Waals surface area contributed by atoms with Crippen molar-refractivity contribution < 1.29 is 0 Å². The van der Waals surface area contributed by atoms with Crippen molar-refractivity contribution in [2.45, 2.75) is 45.6 Å². The van der Waals surface area contributed by atoms with Gasteiger partial charge in [0.25, 0.3) is 0 Å². The molecule has 1 aromatic heterocycles. The maximum Gasteiger partial charge on any atom is 0.0325 e. The molecule has 1 aliphatic heterocycles. The molecule has 0 saturated carbocycles. The first-order valence-electron chi connectivity index (χ1n) is 7.43. The third-order valence-corrected chi connectivity index (χ3v) is 5.35. The van der Waals surface area contributed by atoms with Gasteiger partial charge in [-0.25, -0.2) is 0 Å². The van der Waals surface area contributed by atoms with Gasteiger partial charge in [-0.1, -0.05) is 20.8 Å². The average Bonchev–Trinajstić information content (AvgIpc) is 2.78. The normalized spacial score (nSPS) is 18.2. The third-order valence-electron chi connectivity index (χ3n) is 3.86. The lowest BCUT2D eigenvalue weighted by molar-refractivity contribution is 0.236. The van der Waals surface area contributed by atoms with E-state index in [0.717, 1.165) is 12.5 Å². The minimum atomic E-state index is 0.288. The molecule has 1 N–H and O–H groups in total. The Morgan fingerprint density at radius 1 is 1.26 bits per heavy atom. The molecule has 2 rings (SSSR count). The highest BCUT2D eigenvalue weighted by atomic mass is 32.1. The van der Waals surface area contributed by atoms with Crippen LogP contribution in [0.15, 0.2) is 12.1 Å². The van der Waals surface area contributed by atoms with Crippen LogP contribution in [-0.2, 0) is 12.0 Å². The van der Waals surface area contributed by atoms with Gasteiger partial charge in [-0.2, -0.15) is 0 Å². The molecular formula is C16H28N2S. The largest absolute Gasteiger partial charge is 0.317 e. The van der Waals surface area contributed by atoms with E-state index in [1.807, 2.05) is 11.3 Å². The van der Waals surface area contributed by atoms with Crippen LogP contribution in [0.2, 0.25) is 0 Å². The first-order chi connectivity index (χ1) is 8.95. The molecule has 0 radical (unpaired) electrons. The van der Waals surface area contributed by atoms with Crippen LogP contribution < -0.4 is 5.32 Å². The second-order valence-corrected chi connectivity index (χ2v) is 8.07. The van der Waals surface area contributed by atoms with E-state index in [9.17, 15) is 0 Å². The molecule has 0 atom stereocenters. The number of thiophene rings is 1. The van der Waals surface area contributed by atoms with Gasteiger partial charge in [-0.3, -0.25) is 0 Å². The summed E-state index contributed by atoms with van der Waals surface area (Å²) in [6.45, 7) is 11.6. The Balaban J connectivity index is 1.84. The standard InChI is InChI=1S/C16H28N2S/c1-16(2,3)15-6-5-14(19-15)12-18(4)11-13-7-9-17-10-8-13/h5-6,13,17H,7-12H2,1-4H3. The van der Waals surface area contributed by atoms with Gasteiger partial charge in [-0.15, -0.1) is 11.3 Å². The summed E-state index contributed by atoms with van der Waals surface area (Å²) in [4.78, 5) is 5.49. The predicted octanol–water partition coefficient (Wildman–Crippen LogP) is 3.48. The fraction of sp³-hybridized carbons (Fsp3) is 0.750. The molecule has 2 nitrogen and oxygen atoms in total. The van der Waals surface area contributed by atoms with Crippen LogP contribution in [0.1, 0.15) is 43.4 Å². The lowest BCUT2D eigenvalue weighted by Gasteiger charge is -2.27. The SMILES string of the molecule is CN(Cc1ccc(C(C)(C)C)s1)CC1CCNCC1. The first-order valence-corrected chi connectivity index (χ1v) is 8.25. The smallest absolute Gasteiger partial charge is 0.0325 e. The van der Waals surface area contributed by atoms with Gasteiger partial charge in [0.15, 0.2) is 0 Å². The summed E-state index contributed by atoms with van der Waals surface area (Å²) in [5, 5.41) is 3.44. The van der Waals surface area contributed by atoms with Gasteiger partial charge < -0.3 is 10.2 Å². The van der Waals surface area contributed by atoms with Gasteiger partial charge in [0.1, 0.15) is 0 Å². The van der Waals surface area contributed by atoms with Crippen molar-refractivity contribution in [3.8, 4) is 0 Å². The lowest BCUT2D eigenvalue weighted by atomic mass is 9.95. The minimum Gasteiger partial charge on any atom is -0.317 e. The third kappa shape index (κ3) is 4.59. The van der Waals surface area contributed by atoms with Gasteiger partial charge in [0, 0.05) is 22.8 Å². The Morgan fingerprint density at radius 3 is 2.53 bits per heavy atom.